The number of nitriles is 1. The minimum atomic E-state index is -0.515. The topological polar surface area (TPSA) is 97.5 Å². The second-order valence-electron chi connectivity index (χ2n) is 5.86. The molecule has 0 radical (unpaired) electrons. The fourth-order valence-electron chi connectivity index (χ4n) is 2.85. The lowest BCUT2D eigenvalue weighted by molar-refractivity contribution is 0.252. The number of fused-ring (bicyclic) bond motifs is 1. The van der Waals surface area contributed by atoms with E-state index >= 15 is 0 Å². The maximum atomic E-state index is 12.0. The van der Waals surface area contributed by atoms with Crippen molar-refractivity contribution in [2.24, 2.45) is 5.10 Å². The number of hydrazone groups is 1. The van der Waals surface area contributed by atoms with Crippen LogP contribution in [0.1, 0.15) is 40.0 Å². The van der Waals surface area contributed by atoms with Gasteiger partial charge in [-0.15, -0.1) is 11.3 Å². The summed E-state index contributed by atoms with van der Waals surface area (Å²) in [5, 5.41) is 26.4. The second kappa shape index (κ2) is 7.36. The molecule has 1 aromatic heterocycles. The van der Waals surface area contributed by atoms with Gasteiger partial charge in [0.1, 0.15) is 16.8 Å². The minimum absolute atomic E-state index is 0.131. The monoisotopic (exact) mass is 354 g/mol. The quantitative estimate of drug-likeness (QED) is 0.579. The van der Waals surface area contributed by atoms with Crippen LogP contribution in [0.5, 0.6) is 5.75 Å². The smallest absolute Gasteiger partial charge is 0.340 e. The van der Waals surface area contributed by atoms with Crippen LogP contribution in [0.15, 0.2) is 23.3 Å². The fraction of sp³-hybridized carbons (Fsp3) is 0.278. The minimum Gasteiger partial charge on any atom is -0.507 e. The molecule has 3 rings (SSSR count). The van der Waals surface area contributed by atoms with Crippen molar-refractivity contribution in [2.45, 2.75) is 32.6 Å². The van der Waals surface area contributed by atoms with E-state index in [1.54, 1.807) is 25.1 Å². The highest BCUT2D eigenvalue weighted by Crippen LogP contribution is 2.37. The lowest BCUT2D eigenvalue weighted by atomic mass is 9.96. The third-order valence-corrected chi connectivity index (χ3v) is 5.36. The van der Waals surface area contributed by atoms with Gasteiger partial charge in [-0.2, -0.15) is 10.4 Å². The number of anilines is 1. The van der Waals surface area contributed by atoms with Gasteiger partial charge < -0.3 is 5.11 Å². The molecule has 1 aliphatic rings. The van der Waals surface area contributed by atoms with E-state index in [1.165, 1.54) is 22.4 Å². The van der Waals surface area contributed by atoms with E-state index in [-0.39, 0.29) is 5.75 Å². The molecule has 1 aliphatic carbocycles. The number of nitrogens with zero attached hydrogens (tertiary/aromatic N) is 2. The Morgan fingerprint density at radius 3 is 3.00 bits per heavy atom. The Balaban J connectivity index is 1.67. The number of thiophene rings is 1. The number of rotatable bonds is 3. The first-order valence-corrected chi connectivity index (χ1v) is 8.85. The molecule has 0 unspecified atom stereocenters. The van der Waals surface area contributed by atoms with Crippen molar-refractivity contribution in [1.82, 2.24) is 5.43 Å². The van der Waals surface area contributed by atoms with Gasteiger partial charge in [0.05, 0.1) is 11.8 Å². The number of hydrogen-bond donors (Lipinski definition) is 3. The van der Waals surface area contributed by atoms with E-state index in [9.17, 15) is 15.2 Å². The molecule has 0 spiro atoms. The summed E-state index contributed by atoms with van der Waals surface area (Å²) in [6.07, 6.45) is 5.43. The molecular formula is C18H18N4O2S. The molecule has 7 heteroatoms. The number of para-hydroxylation sites is 1. The van der Waals surface area contributed by atoms with Crippen LogP contribution in [-0.2, 0) is 12.8 Å². The predicted octanol–water partition coefficient (Wildman–Crippen LogP) is 3.67. The van der Waals surface area contributed by atoms with Crippen LogP contribution in [0.25, 0.3) is 0 Å². The van der Waals surface area contributed by atoms with Crippen LogP contribution in [0.3, 0.4) is 0 Å². The zero-order valence-electron chi connectivity index (χ0n) is 13.8. The number of carbonyl (C=O) groups excluding carboxylic acids is 1. The lowest BCUT2D eigenvalue weighted by Crippen LogP contribution is -2.24. The Morgan fingerprint density at radius 2 is 2.20 bits per heavy atom. The number of phenols is 1. The first-order valence-electron chi connectivity index (χ1n) is 8.03. The number of aromatic hydroxyl groups is 1. The summed E-state index contributed by atoms with van der Waals surface area (Å²) < 4.78 is 0. The Kier molecular flexibility index (Phi) is 5.00. The van der Waals surface area contributed by atoms with Gasteiger partial charge >= 0.3 is 6.03 Å². The van der Waals surface area contributed by atoms with E-state index < -0.39 is 6.03 Å². The summed E-state index contributed by atoms with van der Waals surface area (Å²) in [5.74, 6) is 0.131. The van der Waals surface area contributed by atoms with Gasteiger partial charge in [0.2, 0.25) is 0 Å². The molecule has 2 aromatic rings. The molecule has 0 saturated heterocycles. The predicted molar refractivity (Wildman–Crippen MR) is 98.3 cm³/mol. The van der Waals surface area contributed by atoms with Crippen molar-refractivity contribution in [3.63, 3.8) is 0 Å². The first-order chi connectivity index (χ1) is 12.1. The number of carbonyl (C=O) groups is 1. The SMILES string of the molecule is Cc1cccc(/C=N/NC(=O)Nc2sc3c(c2C#N)CCCC3)c1O. The van der Waals surface area contributed by atoms with Gasteiger partial charge in [0, 0.05) is 10.4 Å². The zero-order chi connectivity index (χ0) is 17.8. The van der Waals surface area contributed by atoms with Crippen LogP contribution >= 0.6 is 11.3 Å². The van der Waals surface area contributed by atoms with Crippen molar-refractivity contribution >= 4 is 28.6 Å². The number of nitrogens with one attached hydrogen (secondary N) is 2. The number of urea groups is 1. The highest BCUT2D eigenvalue weighted by molar-refractivity contribution is 7.16. The molecule has 0 fully saturated rings. The van der Waals surface area contributed by atoms with Crippen LogP contribution in [-0.4, -0.2) is 17.4 Å². The van der Waals surface area contributed by atoms with Crippen molar-refractivity contribution in [2.75, 3.05) is 5.32 Å². The van der Waals surface area contributed by atoms with E-state index in [0.29, 0.717) is 16.1 Å². The number of phenolic OH excluding ortho intramolecular Hbond substituents is 1. The Hall–Kier alpha value is -2.85. The number of benzene rings is 1. The van der Waals surface area contributed by atoms with E-state index in [2.05, 4.69) is 21.9 Å². The second-order valence-corrected chi connectivity index (χ2v) is 6.97. The number of aryl methyl sites for hydroxylation is 2. The molecule has 0 saturated carbocycles. The fourth-order valence-corrected chi connectivity index (χ4v) is 4.08. The average Bonchev–Trinajstić information content (AvgIpc) is 2.95. The third-order valence-electron chi connectivity index (χ3n) is 4.15. The van der Waals surface area contributed by atoms with Gasteiger partial charge in [0.25, 0.3) is 0 Å². The molecule has 1 heterocycles. The zero-order valence-corrected chi connectivity index (χ0v) is 14.6. The maximum absolute atomic E-state index is 12.0. The molecule has 128 valence electrons. The standard InChI is InChI=1S/C18H18N4O2S/c1-11-5-4-6-12(16(11)23)10-20-22-18(24)21-17-14(9-19)13-7-2-3-8-15(13)25-17/h4-6,10,23H,2-3,7-8H2,1H3,(H2,21,22,24)/b20-10+. The van der Waals surface area contributed by atoms with E-state index in [4.69, 9.17) is 0 Å². The number of amides is 2. The molecule has 1 aromatic carbocycles. The average molecular weight is 354 g/mol. The third kappa shape index (κ3) is 3.64. The summed E-state index contributed by atoms with van der Waals surface area (Å²) in [5.41, 5.74) is 5.25. The van der Waals surface area contributed by atoms with Crippen LogP contribution < -0.4 is 10.7 Å². The first kappa shape index (κ1) is 17.0. The highest BCUT2D eigenvalue weighted by atomic mass is 32.1. The lowest BCUT2D eigenvalue weighted by Gasteiger charge is -2.09. The molecule has 2 amide bonds. The normalized spacial score (nSPS) is 13.3. The summed E-state index contributed by atoms with van der Waals surface area (Å²) in [4.78, 5) is 13.2. The van der Waals surface area contributed by atoms with Crippen molar-refractivity contribution in [3.05, 3.63) is 45.3 Å². The van der Waals surface area contributed by atoms with Gasteiger partial charge in [0.15, 0.2) is 0 Å². The van der Waals surface area contributed by atoms with Crippen molar-refractivity contribution in [3.8, 4) is 11.8 Å². The molecule has 6 nitrogen and oxygen atoms in total. The molecule has 0 atom stereocenters. The molecule has 0 aliphatic heterocycles. The van der Waals surface area contributed by atoms with Crippen LogP contribution in [0.2, 0.25) is 0 Å². The highest BCUT2D eigenvalue weighted by Gasteiger charge is 2.21. The van der Waals surface area contributed by atoms with Gasteiger partial charge in [-0.05, 0) is 49.8 Å². The van der Waals surface area contributed by atoms with E-state index in [1.807, 2.05) is 0 Å². The van der Waals surface area contributed by atoms with Crippen LogP contribution in [0, 0.1) is 18.3 Å². The molecular weight excluding hydrogens is 336 g/mol. The Labute approximate surface area is 149 Å². The van der Waals surface area contributed by atoms with Crippen LogP contribution in [0.4, 0.5) is 9.80 Å². The van der Waals surface area contributed by atoms with Gasteiger partial charge in [-0.25, -0.2) is 10.2 Å². The summed E-state index contributed by atoms with van der Waals surface area (Å²) in [6.45, 7) is 1.79. The molecule has 0 bridgehead atoms. The Bertz CT molecular complexity index is 880. The molecule has 25 heavy (non-hydrogen) atoms. The largest absolute Gasteiger partial charge is 0.507 e. The van der Waals surface area contributed by atoms with Crippen molar-refractivity contribution in [1.29, 1.82) is 5.26 Å². The van der Waals surface area contributed by atoms with Gasteiger partial charge in [-0.1, -0.05) is 12.1 Å². The van der Waals surface area contributed by atoms with E-state index in [0.717, 1.165) is 36.8 Å². The molecule has 3 N–H and O–H groups in total. The Morgan fingerprint density at radius 1 is 1.40 bits per heavy atom. The number of hydrogen-bond acceptors (Lipinski definition) is 5. The summed E-state index contributed by atoms with van der Waals surface area (Å²) in [6, 6.07) is 6.97. The summed E-state index contributed by atoms with van der Waals surface area (Å²) in [7, 11) is 0. The van der Waals surface area contributed by atoms with Crippen molar-refractivity contribution < 1.29 is 9.90 Å². The summed E-state index contributed by atoms with van der Waals surface area (Å²) >= 11 is 1.46. The maximum Gasteiger partial charge on any atom is 0.340 e. The van der Waals surface area contributed by atoms with Gasteiger partial charge in [-0.3, -0.25) is 5.32 Å².